The molecule has 0 aromatic carbocycles. The van der Waals surface area contributed by atoms with Crippen LogP contribution in [0.2, 0.25) is 0 Å². The number of hydrogen-bond acceptors (Lipinski definition) is 6. The molecule has 9 heteroatoms. The van der Waals surface area contributed by atoms with Gasteiger partial charge < -0.3 is 4.52 Å². The molecule has 4 rings (SSSR count). The first kappa shape index (κ1) is 16.7. The molecule has 25 heavy (non-hydrogen) atoms. The second-order valence-corrected chi connectivity index (χ2v) is 8.99. The number of rotatable bonds is 7. The van der Waals surface area contributed by atoms with E-state index in [2.05, 4.69) is 19.9 Å². The van der Waals surface area contributed by atoms with Crippen LogP contribution in [0.5, 0.6) is 0 Å². The topological polar surface area (TPSA) is 93.3 Å². The molecule has 3 heterocycles. The first-order valence-corrected chi connectivity index (χ1v) is 10.2. The number of aromatic nitrogens is 3. The fraction of sp³-hybridized carbons (Fsp3) is 0.625. The number of fused-ring (bicyclic) bond motifs is 1. The quantitative estimate of drug-likeness (QED) is 0.793. The van der Waals surface area contributed by atoms with Gasteiger partial charge in [-0.3, -0.25) is 9.58 Å². The molecular weight excluding hydrogens is 342 g/mol. The van der Waals surface area contributed by atoms with Gasteiger partial charge in [0.1, 0.15) is 5.76 Å². The molecule has 1 fully saturated rings. The summed E-state index contributed by atoms with van der Waals surface area (Å²) in [6.07, 6.45) is 4.09. The number of nitrogens with zero attached hydrogens (tertiary/aromatic N) is 4. The molecule has 0 radical (unpaired) electrons. The van der Waals surface area contributed by atoms with Crippen LogP contribution in [0.25, 0.3) is 0 Å². The number of nitrogens with one attached hydrogen (secondary N) is 1. The van der Waals surface area contributed by atoms with Crippen molar-refractivity contribution < 1.29 is 12.9 Å². The Balaban J connectivity index is 1.40. The van der Waals surface area contributed by atoms with E-state index in [1.807, 2.05) is 23.7 Å². The van der Waals surface area contributed by atoms with Crippen molar-refractivity contribution in [3.05, 3.63) is 35.5 Å². The third-order valence-electron chi connectivity index (χ3n) is 4.76. The van der Waals surface area contributed by atoms with Crippen LogP contribution < -0.4 is 4.72 Å². The Morgan fingerprint density at radius 1 is 1.40 bits per heavy atom. The minimum atomic E-state index is -3.13. The van der Waals surface area contributed by atoms with E-state index in [0.29, 0.717) is 13.1 Å². The zero-order valence-electron chi connectivity index (χ0n) is 14.3. The van der Waals surface area contributed by atoms with Crippen LogP contribution in [0.4, 0.5) is 0 Å². The minimum Gasteiger partial charge on any atom is -0.361 e. The number of sulfonamides is 1. The Morgan fingerprint density at radius 3 is 2.96 bits per heavy atom. The lowest BCUT2D eigenvalue weighted by Crippen LogP contribution is -2.39. The Morgan fingerprint density at radius 2 is 2.24 bits per heavy atom. The van der Waals surface area contributed by atoms with Crippen LogP contribution in [-0.4, -0.2) is 46.6 Å². The van der Waals surface area contributed by atoms with E-state index in [4.69, 9.17) is 4.52 Å². The van der Waals surface area contributed by atoms with E-state index < -0.39 is 10.0 Å². The summed E-state index contributed by atoms with van der Waals surface area (Å²) in [4.78, 5) is 2.30. The summed E-state index contributed by atoms with van der Waals surface area (Å²) in [6.45, 7) is 4.66. The maximum absolute atomic E-state index is 12.0. The van der Waals surface area contributed by atoms with E-state index in [0.717, 1.165) is 49.5 Å². The van der Waals surface area contributed by atoms with E-state index in [9.17, 15) is 8.42 Å². The SMILES string of the molecule is Cc1cc(CN2Cc3ccnn3[C@H](CCNS(=O)(=O)C3CC3)C2)no1. The molecule has 0 bridgehead atoms. The van der Waals surface area contributed by atoms with Crippen molar-refractivity contribution in [2.75, 3.05) is 13.1 Å². The highest BCUT2D eigenvalue weighted by Gasteiger charge is 2.35. The van der Waals surface area contributed by atoms with Crippen LogP contribution in [0.15, 0.2) is 22.9 Å². The van der Waals surface area contributed by atoms with Crippen LogP contribution in [0.1, 0.15) is 42.5 Å². The fourth-order valence-corrected chi connectivity index (χ4v) is 4.78. The van der Waals surface area contributed by atoms with Crippen LogP contribution in [0, 0.1) is 6.92 Å². The van der Waals surface area contributed by atoms with Crippen LogP contribution in [-0.2, 0) is 23.1 Å². The van der Waals surface area contributed by atoms with Gasteiger partial charge in [-0.05, 0) is 32.3 Å². The van der Waals surface area contributed by atoms with E-state index in [1.165, 1.54) is 0 Å². The van der Waals surface area contributed by atoms with Crippen molar-refractivity contribution in [1.82, 2.24) is 24.6 Å². The second-order valence-electron chi connectivity index (χ2n) is 6.95. The molecule has 1 N–H and O–H groups in total. The van der Waals surface area contributed by atoms with Gasteiger partial charge in [-0.15, -0.1) is 0 Å². The highest BCUT2D eigenvalue weighted by atomic mass is 32.2. The van der Waals surface area contributed by atoms with Gasteiger partial charge in [0.25, 0.3) is 0 Å². The maximum Gasteiger partial charge on any atom is 0.214 e. The van der Waals surface area contributed by atoms with Gasteiger partial charge in [0.2, 0.25) is 10.0 Å². The summed E-state index contributed by atoms with van der Waals surface area (Å²) in [7, 11) is -3.13. The second kappa shape index (κ2) is 6.54. The Hall–Kier alpha value is -1.71. The molecule has 2 aromatic heterocycles. The van der Waals surface area contributed by atoms with Crippen molar-refractivity contribution in [2.24, 2.45) is 0 Å². The highest BCUT2D eigenvalue weighted by Crippen LogP contribution is 2.28. The van der Waals surface area contributed by atoms with Gasteiger partial charge in [0.05, 0.1) is 22.7 Å². The summed E-state index contributed by atoms with van der Waals surface area (Å²) in [5, 5.41) is 8.32. The molecule has 0 spiro atoms. The lowest BCUT2D eigenvalue weighted by atomic mass is 10.1. The van der Waals surface area contributed by atoms with E-state index in [-0.39, 0.29) is 11.3 Å². The summed E-state index contributed by atoms with van der Waals surface area (Å²) in [5.41, 5.74) is 2.06. The summed E-state index contributed by atoms with van der Waals surface area (Å²) >= 11 is 0. The molecule has 1 aliphatic heterocycles. The largest absolute Gasteiger partial charge is 0.361 e. The third kappa shape index (κ3) is 3.78. The predicted octanol–water partition coefficient (Wildman–Crippen LogP) is 1.21. The molecule has 1 aliphatic carbocycles. The Labute approximate surface area is 147 Å². The molecule has 0 unspecified atom stereocenters. The average Bonchev–Trinajstić information content (AvgIpc) is 3.20. The van der Waals surface area contributed by atoms with Gasteiger partial charge in [0.15, 0.2) is 0 Å². The molecule has 0 saturated heterocycles. The van der Waals surface area contributed by atoms with Crippen molar-refractivity contribution in [2.45, 2.75) is 50.6 Å². The normalized spacial score (nSPS) is 21.4. The van der Waals surface area contributed by atoms with Gasteiger partial charge >= 0.3 is 0 Å². The molecule has 2 aliphatic rings. The van der Waals surface area contributed by atoms with Gasteiger partial charge in [-0.1, -0.05) is 5.16 Å². The first-order chi connectivity index (χ1) is 12.0. The van der Waals surface area contributed by atoms with Gasteiger partial charge in [0, 0.05) is 38.4 Å². The monoisotopic (exact) mass is 365 g/mol. The smallest absolute Gasteiger partial charge is 0.214 e. The van der Waals surface area contributed by atoms with Gasteiger partial charge in [-0.25, -0.2) is 13.1 Å². The molecular formula is C16H23N5O3S. The number of hydrogen-bond donors (Lipinski definition) is 1. The van der Waals surface area contributed by atoms with Crippen molar-refractivity contribution in [1.29, 1.82) is 0 Å². The van der Waals surface area contributed by atoms with Crippen molar-refractivity contribution in [3.63, 3.8) is 0 Å². The molecule has 8 nitrogen and oxygen atoms in total. The Bertz CT molecular complexity index is 840. The number of aryl methyl sites for hydroxylation is 1. The van der Waals surface area contributed by atoms with E-state index in [1.54, 1.807) is 6.20 Å². The molecule has 0 amide bonds. The van der Waals surface area contributed by atoms with E-state index >= 15 is 0 Å². The van der Waals surface area contributed by atoms with Crippen molar-refractivity contribution in [3.8, 4) is 0 Å². The molecule has 1 saturated carbocycles. The van der Waals surface area contributed by atoms with Gasteiger partial charge in [-0.2, -0.15) is 5.10 Å². The van der Waals surface area contributed by atoms with Crippen LogP contribution >= 0.6 is 0 Å². The zero-order chi connectivity index (χ0) is 17.4. The zero-order valence-corrected chi connectivity index (χ0v) is 15.1. The Kier molecular flexibility index (Phi) is 4.38. The molecule has 2 aromatic rings. The fourth-order valence-electron chi connectivity index (χ4n) is 3.38. The lowest BCUT2D eigenvalue weighted by molar-refractivity contribution is 0.158. The lowest BCUT2D eigenvalue weighted by Gasteiger charge is -2.33. The predicted molar refractivity (Wildman–Crippen MR) is 91.2 cm³/mol. The third-order valence-corrected chi connectivity index (χ3v) is 6.71. The molecule has 1 atom stereocenters. The molecule has 136 valence electrons. The van der Waals surface area contributed by atoms with Crippen LogP contribution in [0.3, 0.4) is 0 Å². The first-order valence-electron chi connectivity index (χ1n) is 8.67. The average molecular weight is 365 g/mol. The summed E-state index contributed by atoms with van der Waals surface area (Å²) in [5.74, 6) is 0.808. The minimum absolute atomic E-state index is 0.147. The standard InChI is InChI=1S/C16H23N5O3S/c1-12-8-13(19-24-12)9-20-10-14-4-6-17-21(14)15(11-20)5-7-18-25(22,23)16-2-3-16/h4,6,8,15-16,18H,2-3,5,7,9-11H2,1H3/t15-/m1/s1. The van der Waals surface area contributed by atoms with Crippen molar-refractivity contribution >= 4 is 10.0 Å². The summed E-state index contributed by atoms with van der Waals surface area (Å²) in [6, 6.07) is 4.11. The summed E-state index contributed by atoms with van der Waals surface area (Å²) < 4.78 is 33.9. The highest BCUT2D eigenvalue weighted by molar-refractivity contribution is 7.90. The maximum atomic E-state index is 12.0.